The molecule has 0 bridgehead atoms. The van der Waals surface area contributed by atoms with E-state index in [0.717, 1.165) is 56.3 Å². The second-order valence-electron chi connectivity index (χ2n) is 7.76. The minimum atomic E-state index is 0.233. The number of hydrogen-bond acceptors (Lipinski definition) is 6. The van der Waals surface area contributed by atoms with Gasteiger partial charge in [-0.3, -0.25) is 9.80 Å². The van der Waals surface area contributed by atoms with Gasteiger partial charge in [-0.15, -0.1) is 5.10 Å². The summed E-state index contributed by atoms with van der Waals surface area (Å²) in [6.07, 6.45) is 0.988. The maximum absolute atomic E-state index is 5.25. The molecule has 1 atom stereocenters. The summed E-state index contributed by atoms with van der Waals surface area (Å²) in [5.74, 6) is 1.81. The van der Waals surface area contributed by atoms with Crippen LogP contribution in [0.2, 0.25) is 0 Å². The van der Waals surface area contributed by atoms with E-state index in [-0.39, 0.29) is 6.04 Å². The van der Waals surface area contributed by atoms with E-state index in [2.05, 4.69) is 74.7 Å². The maximum atomic E-state index is 5.25. The molecule has 3 aromatic rings. The summed E-state index contributed by atoms with van der Waals surface area (Å²) in [5.41, 5.74) is 2.54. The van der Waals surface area contributed by atoms with E-state index < -0.39 is 0 Å². The third kappa shape index (κ3) is 4.86. The van der Waals surface area contributed by atoms with Gasteiger partial charge in [0.2, 0.25) is 0 Å². The molecule has 7 heteroatoms. The number of piperazine rings is 1. The topological polar surface area (TPSA) is 59.3 Å². The predicted molar refractivity (Wildman–Crippen MR) is 116 cm³/mol. The first kappa shape index (κ1) is 20.5. The van der Waals surface area contributed by atoms with Crippen molar-refractivity contribution in [3.63, 3.8) is 0 Å². The molecular formula is C23H30N6O. The number of nitrogens with zero attached hydrogens (tertiary/aromatic N) is 6. The van der Waals surface area contributed by atoms with E-state index in [1.807, 2.05) is 16.8 Å². The van der Waals surface area contributed by atoms with E-state index in [1.165, 1.54) is 5.56 Å². The number of benzene rings is 2. The lowest BCUT2D eigenvalue weighted by molar-refractivity contribution is 0.0844. The summed E-state index contributed by atoms with van der Waals surface area (Å²) in [6, 6.07) is 19.0. The minimum absolute atomic E-state index is 0.233. The first-order chi connectivity index (χ1) is 14.8. The van der Waals surface area contributed by atoms with E-state index >= 15 is 0 Å². The molecule has 30 heavy (non-hydrogen) atoms. The number of aromatic nitrogens is 4. The zero-order valence-corrected chi connectivity index (χ0v) is 17.8. The third-order valence-electron chi connectivity index (χ3n) is 5.83. The maximum Gasteiger partial charge on any atom is 0.168 e. The smallest absolute Gasteiger partial charge is 0.168 e. The number of tetrazole rings is 1. The van der Waals surface area contributed by atoms with Gasteiger partial charge in [-0.25, -0.2) is 4.68 Å². The second-order valence-corrected chi connectivity index (χ2v) is 7.76. The third-order valence-corrected chi connectivity index (χ3v) is 5.83. The van der Waals surface area contributed by atoms with Crippen molar-refractivity contribution in [2.45, 2.75) is 32.5 Å². The standard InChI is InChI=1S/C23H30N6O/c1-3-22(28-15-13-27(14-16-28)17-19-7-5-4-6-8-19)23-24-25-26-29(23)18-20-9-11-21(30-2)12-10-20/h4-12,22H,3,13-18H2,1-2H3/t22-/m0/s1. The highest BCUT2D eigenvalue weighted by Gasteiger charge is 2.28. The number of hydrogen-bond donors (Lipinski definition) is 0. The van der Waals surface area contributed by atoms with Crippen LogP contribution in [0.1, 0.15) is 36.3 Å². The van der Waals surface area contributed by atoms with Crippen LogP contribution in [0.3, 0.4) is 0 Å². The Morgan fingerprint density at radius 1 is 0.900 bits per heavy atom. The average Bonchev–Trinajstić information content (AvgIpc) is 3.24. The fourth-order valence-electron chi connectivity index (χ4n) is 4.15. The SMILES string of the molecule is CC[C@@H](c1nnnn1Cc1ccc(OC)cc1)N1CCN(Cc2ccccc2)CC1. The molecule has 0 aliphatic carbocycles. The molecule has 0 spiro atoms. The van der Waals surface area contributed by atoms with Crippen LogP contribution in [0.25, 0.3) is 0 Å². The van der Waals surface area contributed by atoms with E-state index in [4.69, 9.17) is 4.74 Å². The van der Waals surface area contributed by atoms with Crippen LogP contribution >= 0.6 is 0 Å². The van der Waals surface area contributed by atoms with Crippen LogP contribution in [0, 0.1) is 0 Å². The lowest BCUT2D eigenvalue weighted by Gasteiger charge is -2.38. The molecule has 1 aromatic heterocycles. The molecule has 4 rings (SSSR count). The van der Waals surface area contributed by atoms with Crippen molar-refractivity contribution in [3.8, 4) is 5.75 Å². The average molecular weight is 407 g/mol. The molecule has 1 saturated heterocycles. The Morgan fingerprint density at radius 3 is 2.27 bits per heavy atom. The lowest BCUT2D eigenvalue weighted by Crippen LogP contribution is -2.47. The Labute approximate surface area is 178 Å². The van der Waals surface area contributed by atoms with Crippen LogP contribution in [0.5, 0.6) is 5.75 Å². The molecule has 1 aliphatic heterocycles. The molecule has 0 saturated carbocycles. The van der Waals surface area contributed by atoms with Crippen LogP contribution < -0.4 is 4.74 Å². The first-order valence-corrected chi connectivity index (χ1v) is 10.7. The molecule has 0 unspecified atom stereocenters. The van der Waals surface area contributed by atoms with Crippen molar-refractivity contribution >= 4 is 0 Å². The summed E-state index contributed by atoms with van der Waals surface area (Å²) >= 11 is 0. The summed E-state index contributed by atoms with van der Waals surface area (Å²) in [4.78, 5) is 5.05. The predicted octanol–water partition coefficient (Wildman–Crippen LogP) is 3.00. The monoisotopic (exact) mass is 406 g/mol. The zero-order valence-electron chi connectivity index (χ0n) is 17.8. The molecule has 0 N–H and O–H groups in total. The molecule has 0 amide bonds. The van der Waals surface area contributed by atoms with Gasteiger partial charge in [0.1, 0.15) is 5.75 Å². The Hall–Kier alpha value is -2.77. The number of ether oxygens (including phenoxy) is 1. The Balaban J connectivity index is 1.39. The number of rotatable bonds is 8. The second kappa shape index (κ2) is 9.82. The van der Waals surface area contributed by atoms with E-state index in [0.29, 0.717) is 6.54 Å². The highest BCUT2D eigenvalue weighted by Crippen LogP contribution is 2.24. The fourth-order valence-corrected chi connectivity index (χ4v) is 4.15. The van der Waals surface area contributed by atoms with E-state index in [1.54, 1.807) is 7.11 Å². The van der Waals surface area contributed by atoms with Gasteiger partial charge in [-0.1, -0.05) is 49.4 Å². The van der Waals surface area contributed by atoms with Gasteiger partial charge in [0.25, 0.3) is 0 Å². The summed E-state index contributed by atoms with van der Waals surface area (Å²) in [7, 11) is 1.68. The number of methoxy groups -OCH3 is 1. The zero-order chi connectivity index (χ0) is 20.8. The largest absolute Gasteiger partial charge is 0.497 e. The van der Waals surface area contributed by atoms with Crippen molar-refractivity contribution in [1.82, 2.24) is 30.0 Å². The van der Waals surface area contributed by atoms with E-state index in [9.17, 15) is 0 Å². The van der Waals surface area contributed by atoms with Crippen LogP contribution in [0.4, 0.5) is 0 Å². The first-order valence-electron chi connectivity index (χ1n) is 10.7. The van der Waals surface area contributed by atoms with Crippen molar-refractivity contribution in [1.29, 1.82) is 0 Å². The Kier molecular flexibility index (Phi) is 6.71. The van der Waals surface area contributed by atoms with Gasteiger partial charge in [-0.2, -0.15) is 0 Å². The summed E-state index contributed by atoms with van der Waals surface area (Å²) in [6.45, 7) is 8.07. The van der Waals surface area contributed by atoms with Gasteiger partial charge in [0, 0.05) is 32.7 Å². The molecule has 158 valence electrons. The lowest BCUT2D eigenvalue weighted by atomic mass is 10.1. The highest BCUT2D eigenvalue weighted by molar-refractivity contribution is 5.27. The molecule has 1 aliphatic rings. The summed E-state index contributed by atoms with van der Waals surface area (Å²) < 4.78 is 7.19. The molecule has 1 fully saturated rings. The normalized spacial score (nSPS) is 16.5. The van der Waals surface area contributed by atoms with Crippen LogP contribution in [-0.2, 0) is 13.1 Å². The highest BCUT2D eigenvalue weighted by atomic mass is 16.5. The molecule has 2 aromatic carbocycles. The van der Waals surface area contributed by atoms with Gasteiger partial charge >= 0.3 is 0 Å². The minimum Gasteiger partial charge on any atom is -0.497 e. The van der Waals surface area contributed by atoms with Crippen LogP contribution in [0.15, 0.2) is 54.6 Å². The van der Waals surface area contributed by atoms with Crippen molar-refractivity contribution < 1.29 is 4.74 Å². The van der Waals surface area contributed by atoms with Gasteiger partial charge in [-0.05, 0) is 40.1 Å². The van der Waals surface area contributed by atoms with Crippen molar-refractivity contribution in [2.75, 3.05) is 33.3 Å². The molecule has 7 nitrogen and oxygen atoms in total. The molecule has 0 radical (unpaired) electrons. The van der Waals surface area contributed by atoms with Crippen molar-refractivity contribution in [2.24, 2.45) is 0 Å². The molecule has 2 heterocycles. The van der Waals surface area contributed by atoms with Crippen molar-refractivity contribution in [3.05, 3.63) is 71.5 Å². The fraction of sp³-hybridized carbons (Fsp3) is 0.435. The van der Waals surface area contributed by atoms with Gasteiger partial charge in [0.15, 0.2) is 5.82 Å². The Morgan fingerprint density at radius 2 is 1.60 bits per heavy atom. The Bertz CT molecular complexity index is 903. The van der Waals surface area contributed by atoms with Gasteiger partial charge in [0.05, 0.1) is 19.7 Å². The molecular weight excluding hydrogens is 376 g/mol. The summed E-state index contributed by atoms with van der Waals surface area (Å²) in [5, 5.41) is 12.7. The van der Waals surface area contributed by atoms with Crippen LogP contribution in [-0.4, -0.2) is 63.3 Å². The van der Waals surface area contributed by atoms with Gasteiger partial charge < -0.3 is 4.74 Å². The quantitative estimate of drug-likeness (QED) is 0.573.